The molecule has 86 valence electrons. The molecule has 0 bridgehead atoms. The minimum absolute atomic E-state index is 0.0521. The van der Waals surface area contributed by atoms with Crippen molar-refractivity contribution in [3.8, 4) is 0 Å². The van der Waals surface area contributed by atoms with Gasteiger partial charge in [0.1, 0.15) is 0 Å². The van der Waals surface area contributed by atoms with E-state index in [1.165, 1.54) is 3.57 Å². The molecule has 16 heavy (non-hydrogen) atoms. The van der Waals surface area contributed by atoms with Crippen molar-refractivity contribution in [2.45, 2.75) is 13.0 Å². The molecule has 1 unspecified atom stereocenters. The normalized spacial score (nSPS) is 19.8. The zero-order valence-electron chi connectivity index (χ0n) is 8.92. The number of benzene rings is 1. The monoisotopic (exact) mass is 348 g/mol. The van der Waals surface area contributed by atoms with E-state index >= 15 is 0 Å². The fourth-order valence-electron chi connectivity index (χ4n) is 1.55. The molecule has 1 saturated heterocycles. The summed E-state index contributed by atoms with van der Waals surface area (Å²) in [6.45, 7) is 2.01. The molecule has 1 aromatic rings. The van der Waals surface area contributed by atoms with Crippen LogP contribution in [0.2, 0.25) is 0 Å². The summed E-state index contributed by atoms with van der Waals surface area (Å²) in [5.74, 6) is 1.79. The third-order valence-electron chi connectivity index (χ3n) is 2.48. The Morgan fingerprint density at radius 2 is 2.44 bits per heavy atom. The Morgan fingerprint density at radius 1 is 1.62 bits per heavy atom. The van der Waals surface area contributed by atoms with Gasteiger partial charge >= 0.3 is 0 Å². The van der Waals surface area contributed by atoms with Crippen molar-refractivity contribution < 1.29 is 4.79 Å². The van der Waals surface area contributed by atoms with Crippen molar-refractivity contribution in [2.75, 3.05) is 16.9 Å². The largest absolute Gasteiger partial charge is 0.324 e. The summed E-state index contributed by atoms with van der Waals surface area (Å²) in [5.41, 5.74) is 2.01. The van der Waals surface area contributed by atoms with Crippen LogP contribution in [0.5, 0.6) is 0 Å². The summed E-state index contributed by atoms with van der Waals surface area (Å²) in [7, 11) is 0. The van der Waals surface area contributed by atoms with Crippen LogP contribution in [-0.4, -0.2) is 23.6 Å². The van der Waals surface area contributed by atoms with E-state index in [2.05, 4.69) is 39.3 Å². The van der Waals surface area contributed by atoms with Crippen LogP contribution in [-0.2, 0) is 4.79 Å². The van der Waals surface area contributed by atoms with Crippen LogP contribution in [0.25, 0.3) is 0 Å². The Kier molecular flexibility index (Phi) is 4.10. The predicted octanol–water partition coefficient (Wildman–Crippen LogP) is 2.20. The quantitative estimate of drug-likeness (QED) is 0.806. The zero-order chi connectivity index (χ0) is 11.5. The maximum absolute atomic E-state index is 11.9. The number of carbonyl (C=O) groups excluding carboxylic acids is 1. The van der Waals surface area contributed by atoms with E-state index in [0.717, 1.165) is 22.9 Å². The topological polar surface area (TPSA) is 41.1 Å². The lowest BCUT2D eigenvalue weighted by Gasteiger charge is -2.12. The molecule has 0 radical (unpaired) electrons. The Bertz CT molecular complexity index is 405. The first kappa shape index (κ1) is 12.2. The molecule has 5 heteroatoms. The number of hydrogen-bond donors (Lipinski definition) is 2. The van der Waals surface area contributed by atoms with Crippen molar-refractivity contribution in [1.82, 2.24) is 5.32 Å². The summed E-state index contributed by atoms with van der Waals surface area (Å²) in [4.78, 5) is 11.9. The minimum atomic E-state index is -0.0521. The van der Waals surface area contributed by atoms with Gasteiger partial charge in [0.05, 0.1) is 6.04 Å². The fraction of sp³-hybridized carbons (Fsp3) is 0.364. The second kappa shape index (κ2) is 5.37. The number of hydrogen-bond acceptors (Lipinski definition) is 3. The highest BCUT2D eigenvalue weighted by atomic mass is 127. The molecular weight excluding hydrogens is 335 g/mol. The predicted molar refractivity (Wildman–Crippen MR) is 76.8 cm³/mol. The molecule has 0 aliphatic carbocycles. The molecule has 0 saturated carbocycles. The molecule has 0 aromatic heterocycles. The van der Waals surface area contributed by atoms with Crippen LogP contribution in [0.4, 0.5) is 5.69 Å². The maximum Gasteiger partial charge on any atom is 0.242 e. The maximum atomic E-state index is 11.9. The van der Waals surface area contributed by atoms with Gasteiger partial charge < -0.3 is 5.32 Å². The van der Waals surface area contributed by atoms with Crippen LogP contribution in [0.1, 0.15) is 5.56 Å². The van der Waals surface area contributed by atoms with Gasteiger partial charge in [-0.25, -0.2) is 0 Å². The molecule has 0 spiro atoms. The average Bonchev–Trinajstić information content (AvgIpc) is 2.75. The molecule has 1 fully saturated rings. The van der Waals surface area contributed by atoms with Crippen LogP contribution in [0.3, 0.4) is 0 Å². The number of aryl methyl sites for hydroxylation is 1. The standard InChI is InChI=1S/C11H13IN2OS/c1-7-4-8(12)2-3-9(7)14-11(15)10-5-16-6-13-10/h2-4,10,13H,5-6H2,1H3,(H,14,15). The summed E-state index contributed by atoms with van der Waals surface area (Å²) >= 11 is 4.02. The van der Waals surface area contributed by atoms with Gasteiger partial charge in [-0.2, -0.15) is 0 Å². The first-order valence-corrected chi connectivity index (χ1v) is 7.28. The smallest absolute Gasteiger partial charge is 0.242 e. The van der Waals surface area contributed by atoms with Crippen molar-refractivity contribution in [2.24, 2.45) is 0 Å². The van der Waals surface area contributed by atoms with E-state index in [1.807, 2.05) is 19.1 Å². The third kappa shape index (κ3) is 2.89. The summed E-state index contributed by atoms with van der Waals surface area (Å²) in [6.07, 6.45) is 0. The number of carbonyl (C=O) groups is 1. The molecular formula is C11H13IN2OS. The number of nitrogens with one attached hydrogen (secondary N) is 2. The summed E-state index contributed by atoms with van der Waals surface area (Å²) in [6, 6.07) is 5.97. The van der Waals surface area contributed by atoms with E-state index in [9.17, 15) is 4.79 Å². The lowest BCUT2D eigenvalue weighted by Crippen LogP contribution is -2.37. The van der Waals surface area contributed by atoms with Crippen LogP contribution in [0.15, 0.2) is 18.2 Å². The summed E-state index contributed by atoms with van der Waals surface area (Å²) < 4.78 is 1.18. The van der Waals surface area contributed by atoms with Gasteiger partial charge in [-0.3, -0.25) is 10.1 Å². The van der Waals surface area contributed by atoms with Gasteiger partial charge in [0, 0.05) is 20.9 Å². The Labute approximate surface area is 113 Å². The van der Waals surface area contributed by atoms with Crippen molar-refractivity contribution in [3.63, 3.8) is 0 Å². The molecule has 1 aliphatic rings. The van der Waals surface area contributed by atoms with Crippen LogP contribution >= 0.6 is 34.4 Å². The Hall–Kier alpha value is -0.270. The number of amides is 1. The van der Waals surface area contributed by atoms with Gasteiger partial charge in [0.25, 0.3) is 0 Å². The van der Waals surface area contributed by atoms with Crippen LogP contribution < -0.4 is 10.6 Å². The number of halogens is 1. The number of anilines is 1. The lowest BCUT2D eigenvalue weighted by molar-refractivity contribution is -0.117. The van der Waals surface area contributed by atoms with Crippen LogP contribution in [0, 0.1) is 10.5 Å². The molecule has 1 aliphatic heterocycles. The van der Waals surface area contributed by atoms with Crippen molar-refractivity contribution in [3.05, 3.63) is 27.3 Å². The molecule has 3 nitrogen and oxygen atoms in total. The molecule has 1 amide bonds. The highest BCUT2D eigenvalue weighted by Gasteiger charge is 2.22. The molecule has 2 N–H and O–H groups in total. The molecule has 1 aromatic carbocycles. The first-order chi connectivity index (χ1) is 7.66. The fourth-order valence-corrected chi connectivity index (χ4v) is 3.14. The molecule has 2 rings (SSSR count). The van der Waals surface area contributed by atoms with Crippen molar-refractivity contribution >= 4 is 45.9 Å². The summed E-state index contributed by atoms with van der Waals surface area (Å²) in [5, 5.41) is 6.12. The van der Waals surface area contributed by atoms with Crippen molar-refractivity contribution in [1.29, 1.82) is 0 Å². The van der Waals surface area contributed by atoms with E-state index < -0.39 is 0 Å². The third-order valence-corrected chi connectivity index (χ3v) is 4.09. The second-order valence-corrected chi connectivity index (χ2v) is 6.00. The van der Waals surface area contributed by atoms with Gasteiger partial charge in [-0.05, 0) is 53.3 Å². The Balaban J connectivity index is 2.05. The SMILES string of the molecule is Cc1cc(I)ccc1NC(=O)C1CSCN1. The minimum Gasteiger partial charge on any atom is -0.324 e. The molecule has 1 heterocycles. The van der Waals surface area contributed by atoms with E-state index in [0.29, 0.717) is 0 Å². The number of thioether (sulfide) groups is 1. The van der Waals surface area contributed by atoms with E-state index in [1.54, 1.807) is 11.8 Å². The highest BCUT2D eigenvalue weighted by Crippen LogP contribution is 2.19. The van der Waals surface area contributed by atoms with E-state index in [4.69, 9.17) is 0 Å². The van der Waals surface area contributed by atoms with Gasteiger partial charge in [-0.15, -0.1) is 11.8 Å². The Morgan fingerprint density at radius 3 is 3.06 bits per heavy atom. The van der Waals surface area contributed by atoms with Gasteiger partial charge in [-0.1, -0.05) is 0 Å². The van der Waals surface area contributed by atoms with Gasteiger partial charge in [0.2, 0.25) is 5.91 Å². The molecule has 1 atom stereocenters. The van der Waals surface area contributed by atoms with E-state index in [-0.39, 0.29) is 11.9 Å². The number of rotatable bonds is 2. The lowest BCUT2D eigenvalue weighted by atomic mass is 10.2. The first-order valence-electron chi connectivity index (χ1n) is 5.05. The average molecular weight is 348 g/mol. The highest BCUT2D eigenvalue weighted by molar-refractivity contribution is 14.1. The zero-order valence-corrected chi connectivity index (χ0v) is 11.9. The second-order valence-electron chi connectivity index (χ2n) is 3.72. The van der Waals surface area contributed by atoms with Gasteiger partial charge in [0.15, 0.2) is 0 Å².